The molecular weight excluding hydrogens is 559 g/mol. The molecule has 0 N–H and O–H groups in total. The Kier molecular flexibility index (Phi) is 7.16. The zero-order valence-corrected chi connectivity index (χ0v) is 23.0. The van der Waals surface area contributed by atoms with Crippen LogP contribution in [0.1, 0.15) is 24.1 Å². The van der Waals surface area contributed by atoms with Gasteiger partial charge in [-0.05, 0) is 47.9 Å². The lowest BCUT2D eigenvalue weighted by Gasteiger charge is -2.25. The van der Waals surface area contributed by atoms with Gasteiger partial charge in [0.15, 0.2) is 4.96 Å². The Labute approximate surface area is 233 Å². The molecule has 208 valence electrons. The van der Waals surface area contributed by atoms with E-state index in [9.17, 15) is 21.6 Å². The number of sulfonamides is 1. The monoisotopic (exact) mass is 585 g/mol. The molecule has 1 aliphatic rings. The number of aromatic nitrogens is 2. The van der Waals surface area contributed by atoms with Crippen molar-refractivity contribution in [2.45, 2.75) is 36.4 Å². The number of hydrogen-bond acceptors (Lipinski definition) is 5. The third-order valence-corrected chi connectivity index (χ3v) is 9.93. The summed E-state index contributed by atoms with van der Waals surface area (Å²) in [7, 11) is -4.20. The molecule has 3 aromatic carbocycles. The van der Waals surface area contributed by atoms with Crippen molar-refractivity contribution in [3.05, 3.63) is 89.6 Å². The number of imidazole rings is 1. The lowest BCUT2D eigenvalue weighted by Crippen LogP contribution is -2.39. The molecule has 0 spiro atoms. The first-order valence-electron chi connectivity index (χ1n) is 12.9. The molecule has 1 unspecified atom stereocenters. The van der Waals surface area contributed by atoms with E-state index in [1.807, 2.05) is 34.2 Å². The second kappa shape index (κ2) is 10.6. The predicted molar refractivity (Wildman–Crippen MR) is 149 cm³/mol. The molecule has 11 heteroatoms. The zero-order chi connectivity index (χ0) is 27.9. The number of nitrogens with zero attached hydrogens (tertiary/aromatic N) is 3. The average Bonchev–Trinajstić information content (AvgIpc) is 3.69. The maximum atomic E-state index is 13.6. The van der Waals surface area contributed by atoms with Gasteiger partial charge in [-0.15, -0.1) is 11.3 Å². The minimum atomic E-state index is -4.64. The second-order valence-corrected chi connectivity index (χ2v) is 12.6. The molecule has 40 heavy (non-hydrogen) atoms. The van der Waals surface area contributed by atoms with Crippen molar-refractivity contribution in [1.82, 2.24) is 13.7 Å². The third kappa shape index (κ3) is 5.38. The van der Waals surface area contributed by atoms with Gasteiger partial charge >= 0.3 is 6.18 Å². The summed E-state index contributed by atoms with van der Waals surface area (Å²) in [6.07, 6.45) is -1.11. The van der Waals surface area contributed by atoms with Crippen LogP contribution in [0.5, 0.6) is 0 Å². The summed E-state index contributed by atoms with van der Waals surface area (Å²) in [5, 5.41) is 4.19. The molecule has 0 radical (unpaired) electrons. The molecule has 1 fully saturated rings. The number of ether oxygens (including phenoxy) is 1. The van der Waals surface area contributed by atoms with Gasteiger partial charge in [-0.2, -0.15) is 17.5 Å². The van der Waals surface area contributed by atoms with Crippen LogP contribution in [0.25, 0.3) is 27.0 Å². The van der Waals surface area contributed by atoms with Gasteiger partial charge in [0.25, 0.3) is 0 Å². The number of thiazole rings is 1. The van der Waals surface area contributed by atoms with E-state index in [4.69, 9.17) is 9.72 Å². The van der Waals surface area contributed by atoms with E-state index < -0.39 is 21.8 Å². The van der Waals surface area contributed by atoms with Crippen molar-refractivity contribution in [2.75, 3.05) is 19.7 Å². The van der Waals surface area contributed by atoms with Crippen LogP contribution in [0, 0.1) is 0 Å². The third-order valence-electron chi connectivity index (χ3n) is 7.18. The van der Waals surface area contributed by atoms with E-state index in [0.29, 0.717) is 25.5 Å². The van der Waals surface area contributed by atoms with Gasteiger partial charge in [0, 0.05) is 49.0 Å². The van der Waals surface area contributed by atoms with Crippen LogP contribution in [0.2, 0.25) is 0 Å². The highest BCUT2D eigenvalue weighted by molar-refractivity contribution is 7.89. The van der Waals surface area contributed by atoms with Gasteiger partial charge in [-0.25, -0.2) is 13.4 Å². The summed E-state index contributed by atoms with van der Waals surface area (Å²) in [6.45, 7) is 0.714. The van der Waals surface area contributed by atoms with Crippen molar-refractivity contribution in [1.29, 1.82) is 0 Å². The minimum Gasteiger partial charge on any atom is -0.377 e. The normalized spacial score (nSPS) is 16.4. The van der Waals surface area contributed by atoms with Crippen LogP contribution >= 0.6 is 11.3 Å². The van der Waals surface area contributed by atoms with Crippen LogP contribution in [-0.2, 0) is 27.4 Å². The highest BCUT2D eigenvalue weighted by Gasteiger charge is 2.34. The largest absolute Gasteiger partial charge is 0.416 e. The van der Waals surface area contributed by atoms with Crippen molar-refractivity contribution in [2.24, 2.45) is 0 Å². The molecule has 2 aromatic heterocycles. The Balaban J connectivity index is 1.27. The fraction of sp³-hybridized carbons (Fsp3) is 0.276. The van der Waals surface area contributed by atoms with Gasteiger partial charge in [0.05, 0.1) is 22.3 Å². The average molecular weight is 586 g/mol. The molecule has 5 aromatic rings. The van der Waals surface area contributed by atoms with Crippen molar-refractivity contribution >= 4 is 37.1 Å². The SMILES string of the molecule is O=S(=O)(c1cccc(C(F)(F)F)c1)N(CCc1csc2nc(-c3ccc4ccccc4c3)cn12)CC1CCCO1. The first-order chi connectivity index (χ1) is 19.2. The Morgan fingerprint density at radius 2 is 1.88 bits per heavy atom. The molecule has 3 heterocycles. The van der Waals surface area contributed by atoms with Crippen molar-refractivity contribution in [3.63, 3.8) is 0 Å². The minimum absolute atomic E-state index is 0.0815. The molecule has 6 rings (SSSR count). The second-order valence-electron chi connectivity index (χ2n) is 9.84. The summed E-state index contributed by atoms with van der Waals surface area (Å²) in [5.74, 6) is 0. The number of benzene rings is 3. The number of halogens is 3. The van der Waals surface area contributed by atoms with Crippen LogP contribution < -0.4 is 0 Å². The fourth-order valence-electron chi connectivity index (χ4n) is 5.04. The molecule has 0 amide bonds. The fourth-order valence-corrected chi connectivity index (χ4v) is 7.47. The van der Waals surface area contributed by atoms with E-state index >= 15 is 0 Å². The molecule has 1 saturated heterocycles. The maximum Gasteiger partial charge on any atom is 0.416 e. The first-order valence-corrected chi connectivity index (χ1v) is 15.2. The molecule has 0 bridgehead atoms. The Morgan fingerprint density at radius 3 is 2.65 bits per heavy atom. The number of hydrogen-bond donors (Lipinski definition) is 0. The lowest BCUT2D eigenvalue weighted by molar-refractivity contribution is -0.137. The van der Waals surface area contributed by atoms with E-state index in [1.165, 1.54) is 21.7 Å². The lowest BCUT2D eigenvalue weighted by atomic mass is 10.1. The molecule has 0 aliphatic carbocycles. The van der Waals surface area contributed by atoms with E-state index in [1.54, 1.807) is 0 Å². The summed E-state index contributed by atoms with van der Waals surface area (Å²) in [4.78, 5) is 5.18. The van der Waals surface area contributed by atoms with Gasteiger partial charge in [0.2, 0.25) is 10.0 Å². The molecule has 1 atom stereocenters. The van der Waals surface area contributed by atoms with Crippen molar-refractivity contribution < 1.29 is 26.3 Å². The van der Waals surface area contributed by atoms with E-state index in [0.717, 1.165) is 51.2 Å². The van der Waals surface area contributed by atoms with E-state index in [2.05, 4.69) is 24.3 Å². The summed E-state index contributed by atoms with van der Waals surface area (Å²) in [5.41, 5.74) is 1.67. The Hall–Kier alpha value is -3.25. The van der Waals surface area contributed by atoms with Crippen molar-refractivity contribution in [3.8, 4) is 11.3 Å². The topological polar surface area (TPSA) is 63.9 Å². The van der Waals surface area contributed by atoms with Crippen LogP contribution in [0.4, 0.5) is 13.2 Å². The smallest absolute Gasteiger partial charge is 0.377 e. The Morgan fingerprint density at radius 1 is 1.05 bits per heavy atom. The quantitative estimate of drug-likeness (QED) is 0.205. The van der Waals surface area contributed by atoms with Gasteiger partial charge < -0.3 is 4.74 Å². The number of alkyl halides is 3. The summed E-state index contributed by atoms with van der Waals surface area (Å²) in [6, 6.07) is 18.2. The van der Waals surface area contributed by atoms with Crippen LogP contribution in [0.3, 0.4) is 0 Å². The molecule has 0 saturated carbocycles. The molecule has 1 aliphatic heterocycles. The van der Waals surface area contributed by atoms with Gasteiger partial charge in [-0.1, -0.05) is 42.5 Å². The standard InChI is InChI=1S/C29H26F3N3O3S2/c30-29(31,32)23-7-3-9-26(16-23)40(36,37)34(17-25-8-4-14-38-25)13-12-24-19-39-28-33-27(18-35(24)28)22-11-10-20-5-1-2-6-21(20)15-22/h1-3,5-7,9-11,15-16,18-19,25H,4,8,12-14,17H2. The number of fused-ring (bicyclic) bond motifs is 2. The first kappa shape index (κ1) is 26.9. The summed E-state index contributed by atoms with van der Waals surface area (Å²) >= 11 is 1.46. The maximum absolute atomic E-state index is 13.6. The predicted octanol–water partition coefficient (Wildman–Crippen LogP) is 6.65. The zero-order valence-electron chi connectivity index (χ0n) is 21.3. The van der Waals surface area contributed by atoms with Crippen LogP contribution in [-0.4, -0.2) is 47.9 Å². The molecular formula is C29H26F3N3O3S2. The molecule has 6 nitrogen and oxygen atoms in total. The van der Waals surface area contributed by atoms with E-state index in [-0.39, 0.29) is 24.1 Å². The Bertz CT molecular complexity index is 1770. The highest BCUT2D eigenvalue weighted by atomic mass is 32.2. The highest BCUT2D eigenvalue weighted by Crippen LogP contribution is 2.32. The van der Waals surface area contributed by atoms with Crippen LogP contribution in [0.15, 0.2) is 83.2 Å². The van der Waals surface area contributed by atoms with Gasteiger partial charge in [0.1, 0.15) is 0 Å². The van der Waals surface area contributed by atoms with Gasteiger partial charge in [-0.3, -0.25) is 4.40 Å². The summed E-state index contributed by atoms with van der Waals surface area (Å²) < 4.78 is 76.1. The number of rotatable bonds is 8.